The van der Waals surface area contributed by atoms with Crippen molar-refractivity contribution in [1.82, 2.24) is 0 Å². The highest BCUT2D eigenvalue weighted by Gasteiger charge is 2.10. The van der Waals surface area contributed by atoms with Crippen LogP contribution >= 0.6 is 0 Å². The zero-order chi connectivity index (χ0) is 17.1. The van der Waals surface area contributed by atoms with Gasteiger partial charge in [0.05, 0.1) is 7.11 Å². The Morgan fingerprint density at radius 3 is 1.96 bits per heavy atom. The van der Waals surface area contributed by atoms with Crippen molar-refractivity contribution < 1.29 is 13.5 Å². The highest BCUT2D eigenvalue weighted by atomic mass is 19.1. The monoisotopic (exact) mass is 324 g/mol. The van der Waals surface area contributed by atoms with Crippen LogP contribution in [0.15, 0.2) is 60.7 Å². The van der Waals surface area contributed by atoms with Gasteiger partial charge in [0.25, 0.3) is 0 Å². The van der Waals surface area contributed by atoms with E-state index in [1.54, 1.807) is 25.3 Å². The van der Waals surface area contributed by atoms with E-state index >= 15 is 0 Å². The van der Waals surface area contributed by atoms with E-state index in [2.05, 4.69) is 0 Å². The quantitative estimate of drug-likeness (QED) is 0.583. The predicted molar refractivity (Wildman–Crippen MR) is 93.2 cm³/mol. The Morgan fingerprint density at radius 1 is 0.750 bits per heavy atom. The molecule has 0 spiro atoms. The molecule has 0 aromatic heterocycles. The molecule has 0 unspecified atom stereocenters. The van der Waals surface area contributed by atoms with E-state index in [1.165, 1.54) is 12.1 Å². The number of methoxy groups -OCH3 is 1. The van der Waals surface area contributed by atoms with E-state index in [4.69, 9.17) is 4.74 Å². The summed E-state index contributed by atoms with van der Waals surface area (Å²) in [4.78, 5) is 0. The van der Waals surface area contributed by atoms with Gasteiger partial charge in [0.2, 0.25) is 0 Å². The lowest BCUT2D eigenvalue weighted by Crippen LogP contribution is -1.91. The molecule has 0 aliphatic heterocycles. The molecule has 3 rings (SSSR count). The Morgan fingerprint density at radius 2 is 1.38 bits per heavy atom. The van der Waals surface area contributed by atoms with Crippen LogP contribution < -0.4 is 4.74 Å². The molecule has 0 bridgehead atoms. The van der Waals surface area contributed by atoms with Gasteiger partial charge in [0, 0.05) is 5.56 Å². The number of hydrogen-bond donors (Lipinski definition) is 0. The van der Waals surface area contributed by atoms with Gasteiger partial charge in [-0.3, -0.25) is 0 Å². The minimum atomic E-state index is -0.369. The Labute approximate surface area is 140 Å². The number of halogens is 2. The number of rotatable bonds is 4. The lowest BCUT2D eigenvalue weighted by Gasteiger charge is -2.09. The summed E-state index contributed by atoms with van der Waals surface area (Å²) in [5.74, 6) is 0.0860. The van der Waals surface area contributed by atoms with Crippen molar-refractivity contribution in [2.75, 3.05) is 7.11 Å². The molecule has 0 heterocycles. The molecule has 0 saturated carbocycles. The van der Waals surface area contributed by atoms with Gasteiger partial charge in [-0.15, -0.1) is 0 Å². The molecule has 0 saturated heterocycles. The Hall–Kier alpha value is -2.68. The lowest BCUT2D eigenvalue weighted by atomic mass is 9.98. The summed E-state index contributed by atoms with van der Waals surface area (Å²) in [5, 5.41) is 0. The smallest absolute Gasteiger partial charge is 0.131 e. The second-order valence-electron chi connectivity index (χ2n) is 5.58. The standard InChI is InChI=1S/C21H18F2O/c1-3-14-4-5-17(13-20(14)22)19-11-8-16(12-21(19)23)15-6-9-18(24-2)10-7-15/h4-13H,3H2,1-2H3. The fourth-order valence-corrected chi connectivity index (χ4v) is 2.71. The maximum absolute atomic E-state index is 14.5. The van der Waals surface area contributed by atoms with Crippen LogP contribution in [0.1, 0.15) is 12.5 Å². The van der Waals surface area contributed by atoms with Crippen LogP contribution in [-0.4, -0.2) is 7.11 Å². The first-order valence-corrected chi connectivity index (χ1v) is 7.85. The van der Waals surface area contributed by atoms with E-state index in [0.717, 1.165) is 16.9 Å². The van der Waals surface area contributed by atoms with Gasteiger partial charge in [-0.25, -0.2) is 8.78 Å². The maximum atomic E-state index is 14.5. The second kappa shape index (κ2) is 6.83. The molecule has 0 radical (unpaired) electrons. The van der Waals surface area contributed by atoms with E-state index in [0.29, 0.717) is 23.1 Å². The summed E-state index contributed by atoms with van der Waals surface area (Å²) in [6, 6.07) is 17.3. The van der Waals surface area contributed by atoms with Crippen LogP contribution in [0.3, 0.4) is 0 Å². The molecule has 1 nitrogen and oxygen atoms in total. The SMILES string of the molecule is CCc1ccc(-c2ccc(-c3ccc(OC)cc3)cc2F)cc1F. The second-order valence-corrected chi connectivity index (χ2v) is 5.58. The molecule has 0 atom stereocenters. The minimum absolute atomic E-state index is 0.298. The van der Waals surface area contributed by atoms with Crippen molar-refractivity contribution in [2.45, 2.75) is 13.3 Å². The normalized spacial score (nSPS) is 10.7. The van der Waals surface area contributed by atoms with Gasteiger partial charge in [-0.2, -0.15) is 0 Å². The van der Waals surface area contributed by atoms with Crippen molar-refractivity contribution in [3.05, 3.63) is 77.9 Å². The summed E-state index contributed by atoms with van der Waals surface area (Å²) in [5.41, 5.74) is 3.24. The van der Waals surface area contributed by atoms with Crippen molar-refractivity contribution in [3.63, 3.8) is 0 Å². The topological polar surface area (TPSA) is 9.23 Å². The van der Waals surface area contributed by atoms with Crippen LogP contribution in [-0.2, 0) is 6.42 Å². The van der Waals surface area contributed by atoms with E-state index in [-0.39, 0.29) is 11.6 Å². The van der Waals surface area contributed by atoms with E-state index in [1.807, 2.05) is 37.3 Å². The first-order valence-electron chi connectivity index (χ1n) is 7.85. The van der Waals surface area contributed by atoms with Crippen molar-refractivity contribution in [1.29, 1.82) is 0 Å². The Kier molecular flexibility index (Phi) is 4.61. The van der Waals surface area contributed by atoms with Crippen molar-refractivity contribution in [2.24, 2.45) is 0 Å². The van der Waals surface area contributed by atoms with Crippen LogP contribution in [0.25, 0.3) is 22.3 Å². The van der Waals surface area contributed by atoms with Gasteiger partial charge < -0.3 is 4.74 Å². The fraction of sp³-hybridized carbons (Fsp3) is 0.143. The molecule has 3 aromatic carbocycles. The van der Waals surface area contributed by atoms with Crippen LogP contribution in [0.5, 0.6) is 5.75 Å². The molecule has 0 fully saturated rings. The molecular formula is C21H18F2O. The highest BCUT2D eigenvalue weighted by molar-refractivity contribution is 5.71. The average molecular weight is 324 g/mol. The van der Waals surface area contributed by atoms with Gasteiger partial charge >= 0.3 is 0 Å². The predicted octanol–water partition coefficient (Wildman–Crippen LogP) is 5.87. The molecule has 122 valence electrons. The van der Waals surface area contributed by atoms with Gasteiger partial charge in [-0.1, -0.05) is 43.3 Å². The van der Waals surface area contributed by atoms with E-state index in [9.17, 15) is 8.78 Å². The highest BCUT2D eigenvalue weighted by Crippen LogP contribution is 2.30. The van der Waals surface area contributed by atoms with Gasteiger partial charge in [0.1, 0.15) is 17.4 Å². The molecule has 0 aliphatic carbocycles. The molecule has 24 heavy (non-hydrogen) atoms. The summed E-state index contributed by atoms with van der Waals surface area (Å²) in [6.45, 7) is 1.89. The number of aryl methyl sites for hydroxylation is 1. The average Bonchev–Trinajstić information content (AvgIpc) is 2.61. The molecular weight excluding hydrogens is 306 g/mol. The lowest BCUT2D eigenvalue weighted by molar-refractivity contribution is 0.415. The number of benzene rings is 3. The molecule has 3 heteroatoms. The Bertz CT molecular complexity index is 854. The zero-order valence-corrected chi connectivity index (χ0v) is 13.6. The van der Waals surface area contributed by atoms with E-state index < -0.39 is 0 Å². The zero-order valence-electron chi connectivity index (χ0n) is 13.6. The molecule has 0 amide bonds. The van der Waals surface area contributed by atoms with Crippen LogP contribution in [0, 0.1) is 11.6 Å². The largest absolute Gasteiger partial charge is 0.497 e. The molecule has 3 aromatic rings. The first-order chi connectivity index (χ1) is 11.6. The van der Waals surface area contributed by atoms with Gasteiger partial charge in [-0.05, 0) is 52.9 Å². The molecule has 0 N–H and O–H groups in total. The third-order valence-corrected chi connectivity index (χ3v) is 4.14. The third-order valence-electron chi connectivity index (χ3n) is 4.14. The Balaban J connectivity index is 1.96. The van der Waals surface area contributed by atoms with Crippen molar-refractivity contribution in [3.8, 4) is 28.0 Å². The summed E-state index contributed by atoms with van der Waals surface area (Å²) >= 11 is 0. The minimum Gasteiger partial charge on any atom is -0.497 e. The van der Waals surface area contributed by atoms with Crippen molar-refractivity contribution >= 4 is 0 Å². The molecule has 0 aliphatic rings. The maximum Gasteiger partial charge on any atom is 0.131 e. The van der Waals surface area contributed by atoms with Crippen LogP contribution in [0.2, 0.25) is 0 Å². The number of hydrogen-bond acceptors (Lipinski definition) is 1. The summed E-state index contributed by atoms with van der Waals surface area (Å²) < 4.78 is 33.6. The fourth-order valence-electron chi connectivity index (χ4n) is 2.71. The summed E-state index contributed by atoms with van der Waals surface area (Å²) in [7, 11) is 1.60. The van der Waals surface area contributed by atoms with Crippen LogP contribution in [0.4, 0.5) is 8.78 Å². The summed E-state index contributed by atoms with van der Waals surface area (Å²) in [6.07, 6.45) is 0.616. The first kappa shape index (κ1) is 16.2. The third kappa shape index (κ3) is 3.16. The van der Waals surface area contributed by atoms with Gasteiger partial charge in [0.15, 0.2) is 0 Å². The number of ether oxygens (including phenoxy) is 1.